The Labute approximate surface area is 119 Å². The highest BCUT2D eigenvalue weighted by Gasteiger charge is 2.26. The van der Waals surface area contributed by atoms with Crippen LogP contribution in [0, 0.1) is 11.8 Å². The highest BCUT2D eigenvalue weighted by Crippen LogP contribution is 2.33. The van der Waals surface area contributed by atoms with E-state index >= 15 is 0 Å². The average molecular weight is 271 g/mol. The van der Waals surface area contributed by atoms with E-state index in [9.17, 15) is 0 Å². The van der Waals surface area contributed by atoms with Gasteiger partial charge in [0.1, 0.15) is 6.10 Å². The number of fused-ring (bicyclic) bond motifs is 1. The van der Waals surface area contributed by atoms with Gasteiger partial charge in [-0.3, -0.25) is 0 Å². The Hall–Kier alpha value is -1.84. The van der Waals surface area contributed by atoms with Crippen molar-refractivity contribution in [3.8, 4) is 5.88 Å². The molecule has 1 aromatic heterocycles. The summed E-state index contributed by atoms with van der Waals surface area (Å²) in [7, 11) is 0. The number of hydrogen-bond donors (Lipinski definition) is 1. The zero-order valence-electron chi connectivity index (χ0n) is 12.0. The molecule has 2 aromatic rings. The van der Waals surface area contributed by atoms with Crippen molar-refractivity contribution in [2.45, 2.75) is 39.2 Å². The molecule has 0 bridgehead atoms. The Morgan fingerprint density at radius 1 is 1.10 bits per heavy atom. The van der Waals surface area contributed by atoms with Gasteiger partial charge in [0.2, 0.25) is 11.8 Å². The minimum atomic E-state index is 0.235. The van der Waals surface area contributed by atoms with E-state index in [1.165, 1.54) is 6.42 Å². The molecular formula is C16H21N3O. The highest BCUT2D eigenvalue weighted by atomic mass is 16.5. The van der Waals surface area contributed by atoms with Crippen molar-refractivity contribution in [2.24, 2.45) is 11.8 Å². The summed E-state index contributed by atoms with van der Waals surface area (Å²) in [5, 5.41) is 0.938. The molecule has 2 N–H and O–H groups in total. The summed E-state index contributed by atoms with van der Waals surface area (Å²) in [4.78, 5) is 8.53. The van der Waals surface area contributed by atoms with Gasteiger partial charge in [0.25, 0.3) is 0 Å². The molecule has 1 aliphatic rings. The third-order valence-corrected chi connectivity index (χ3v) is 4.41. The molecule has 3 rings (SSSR count). The molecular weight excluding hydrogens is 250 g/mol. The van der Waals surface area contributed by atoms with Crippen LogP contribution in [0.25, 0.3) is 10.9 Å². The van der Waals surface area contributed by atoms with Crippen molar-refractivity contribution in [1.82, 2.24) is 9.97 Å². The van der Waals surface area contributed by atoms with Gasteiger partial charge in [-0.1, -0.05) is 26.0 Å². The number of rotatable bonds is 2. The fourth-order valence-electron chi connectivity index (χ4n) is 2.92. The van der Waals surface area contributed by atoms with Gasteiger partial charge in [-0.15, -0.1) is 0 Å². The zero-order chi connectivity index (χ0) is 14.1. The van der Waals surface area contributed by atoms with E-state index in [2.05, 4.69) is 23.8 Å². The van der Waals surface area contributed by atoms with Crippen LogP contribution in [0.3, 0.4) is 0 Å². The second kappa shape index (κ2) is 5.27. The molecule has 0 aliphatic heterocycles. The van der Waals surface area contributed by atoms with Gasteiger partial charge in [0.05, 0.1) is 10.9 Å². The lowest BCUT2D eigenvalue weighted by molar-refractivity contribution is 0.0980. The van der Waals surface area contributed by atoms with E-state index in [1.807, 2.05) is 24.3 Å². The second-order valence-electron chi connectivity index (χ2n) is 5.91. The number of nitrogens with zero attached hydrogens (tertiary/aromatic N) is 2. The maximum absolute atomic E-state index is 6.14. The quantitative estimate of drug-likeness (QED) is 0.909. The monoisotopic (exact) mass is 271 g/mol. The third kappa shape index (κ3) is 2.55. The molecule has 0 spiro atoms. The van der Waals surface area contributed by atoms with E-state index in [1.54, 1.807) is 0 Å². The molecule has 106 valence electrons. The summed E-state index contributed by atoms with van der Waals surface area (Å²) in [5.74, 6) is 2.37. The van der Waals surface area contributed by atoms with E-state index < -0.39 is 0 Å². The summed E-state index contributed by atoms with van der Waals surface area (Å²) in [6.07, 6.45) is 3.62. The van der Waals surface area contributed by atoms with Crippen LogP contribution >= 0.6 is 0 Å². The van der Waals surface area contributed by atoms with Crippen LogP contribution in [-0.2, 0) is 0 Å². The van der Waals surface area contributed by atoms with Crippen LogP contribution < -0.4 is 10.5 Å². The predicted octanol–water partition coefficient (Wildman–Crippen LogP) is 3.42. The van der Waals surface area contributed by atoms with Gasteiger partial charge >= 0.3 is 0 Å². The zero-order valence-corrected chi connectivity index (χ0v) is 12.0. The Balaban J connectivity index is 1.87. The second-order valence-corrected chi connectivity index (χ2v) is 5.91. The molecule has 0 saturated heterocycles. The summed E-state index contributed by atoms with van der Waals surface area (Å²) in [6, 6.07) is 7.84. The first-order valence-electron chi connectivity index (χ1n) is 7.32. The fourth-order valence-corrected chi connectivity index (χ4v) is 2.92. The van der Waals surface area contributed by atoms with Crippen molar-refractivity contribution in [1.29, 1.82) is 0 Å². The van der Waals surface area contributed by atoms with Crippen LogP contribution in [0.15, 0.2) is 24.3 Å². The van der Waals surface area contributed by atoms with Gasteiger partial charge in [-0.05, 0) is 43.2 Å². The van der Waals surface area contributed by atoms with Crippen LogP contribution in [0.4, 0.5) is 5.95 Å². The first-order valence-corrected chi connectivity index (χ1v) is 7.32. The Morgan fingerprint density at radius 2 is 1.90 bits per heavy atom. The topological polar surface area (TPSA) is 61.0 Å². The Kier molecular flexibility index (Phi) is 3.47. The number of nitrogen functional groups attached to an aromatic ring is 1. The van der Waals surface area contributed by atoms with Crippen LogP contribution in [0.2, 0.25) is 0 Å². The number of nitrogens with two attached hydrogens (primary N) is 1. The number of anilines is 1. The van der Waals surface area contributed by atoms with Crippen LogP contribution in [-0.4, -0.2) is 16.1 Å². The Morgan fingerprint density at radius 3 is 2.70 bits per heavy atom. The summed E-state index contributed by atoms with van der Waals surface area (Å²) in [6.45, 7) is 4.62. The van der Waals surface area contributed by atoms with Gasteiger partial charge in [-0.25, -0.2) is 4.98 Å². The molecule has 3 unspecified atom stereocenters. The summed E-state index contributed by atoms with van der Waals surface area (Å²) >= 11 is 0. The standard InChI is InChI=1S/C16H21N3O/c1-10-7-8-12(9-11(10)2)20-15-13-5-3-4-6-14(13)18-16(17)19-15/h3-6,10-12H,7-9H2,1-2H3,(H2,17,18,19). The number of para-hydroxylation sites is 1. The molecule has 0 radical (unpaired) electrons. The maximum Gasteiger partial charge on any atom is 0.226 e. The molecule has 1 aliphatic carbocycles. The smallest absolute Gasteiger partial charge is 0.226 e. The fraction of sp³-hybridized carbons (Fsp3) is 0.500. The lowest BCUT2D eigenvalue weighted by Gasteiger charge is -2.32. The van der Waals surface area contributed by atoms with Gasteiger partial charge in [0, 0.05) is 0 Å². The number of benzene rings is 1. The molecule has 1 fully saturated rings. The summed E-state index contributed by atoms with van der Waals surface area (Å²) < 4.78 is 6.14. The minimum absolute atomic E-state index is 0.235. The minimum Gasteiger partial charge on any atom is -0.474 e. The largest absolute Gasteiger partial charge is 0.474 e. The van der Waals surface area contributed by atoms with Crippen molar-refractivity contribution in [2.75, 3.05) is 5.73 Å². The van der Waals surface area contributed by atoms with Crippen molar-refractivity contribution >= 4 is 16.9 Å². The lowest BCUT2D eigenvalue weighted by atomic mass is 9.80. The summed E-state index contributed by atoms with van der Waals surface area (Å²) in [5.41, 5.74) is 6.62. The molecule has 1 aromatic carbocycles. The van der Waals surface area contributed by atoms with E-state index in [4.69, 9.17) is 10.5 Å². The van der Waals surface area contributed by atoms with Gasteiger partial charge in [0.15, 0.2) is 0 Å². The van der Waals surface area contributed by atoms with Gasteiger partial charge in [-0.2, -0.15) is 4.98 Å². The lowest BCUT2D eigenvalue weighted by Crippen LogP contribution is -2.29. The Bertz CT molecular complexity index is 614. The normalized spacial score (nSPS) is 26.6. The van der Waals surface area contributed by atoms with E-state index in [0.29, 0.717) is 11.8 Å². The first kappa shape index (κ1) is 13.2. The molecule has 1 heterocycles. The molecule has 4 nitrogen and oxygen atoms in total. The van der Waals surface area contributed by atoms with Crippen molar-refractivity contribution in [3.05, 3.63) is 24.3 Å². The van der Waals surface area contributed by atoms with Crippen molar-refractivity contribution in [3.63, 3.8) is 0 Å². The molecule has 3 atom stereocenters. The number of hydrogen-bond acceptors (Lipinski definition) is 4. The third-order valence-electron chi connectivity index (χ3n) is 4.41. The number of aromatic nitrogens is 2. The highest BCUT2D eigenvalue weighted by molar-refractivity contribution is 5.84. The molecule has 20 heavy (non-hydrogen) atoms. The van der Waals surface area contributed by atoms with Crippen LogP contribution in [0.5, 0.6) is 5.88 Å². The molecule has 0 amide bonds. The average Bonchev–Trinajstić information content (AvgIpc) is 2.43. The van der Waals surface area contributed by atoms with E-state index in [-0.39, 0.29) is 12.1 Å². The van der Waals surface area contributed by atoms with E-state index in [0.717, 1.165) is 29.7 Å². The maximum atomic E-state index is 6.14. The SMILES string of the molecule is CC1CCC(Oc2nc(N)nc3ccccc23)CC1C. The molecule has 4 heteroatoms. The van der Waals surface area contributed by atoms with Crippen LogP contribution in [0.1, 0.15) is 33.1 Å². The van der Waals surface area contributed by atoms with Crippen molar-refractivity contribution < 1.29 is 4.74 Å². The number of ether oxygens (including phenoxy) is 1. The first-order chi connectivity index (χ1) is 9.63. The van der Waals surface area contributed by atoms with Gasteiger partial charge < -0.3 is 10.5 Å². The predicted molar refractivity (Wildman–Crippen MR) is 80.5 cm³/mol. The molecule has 1 saturated carbocycles.